The van der Waals surface area contributed by atoms with Crippen LogP contribution in [0.15, 0.2) is 18.2 Å². The minimum absolute atomic E-state index is 0.166. The molecule has 0 spiro atoms. The van der Waals surface area contributed by atoms with Gasteiger partial charge in [0.15, 0.2) is 5.78 Å². The summed E-state index contributed by atoms with van der Waals surface area (Å²) >= 11 is 5.97. The first-order valence-corrected chi connectivity index (χ1v) is 6.87. The average Bonchev–Trinajstić information content (AvgIpc) is 2.38. The standard InChI is InChI=1S/C15H19ClO2/c1-10-4-3-5-11(8-10)15(17)12-6-7-13(16)14(9-12)18-2/h6-7,9-11H,3-5,8H2,1-2H3. The molecule has 1 aromatic carbocycles. The number of hydrogen-bond donors (Lipinski definition) is 0. The van der Waals surface area contributed by atoms with E-state index in [1.807, 2.05) is 0 Å². The molecule has 1 saturated carbocycles. The van der Waals surface area contributed by atoms with E-state index < -0.39 is 0 Å². The van der Waals surface area contributed by atoms with Gasteiger partial charge in [-0.3, -0.25) is 4.79 Å². The lowest BCUT2D eigenvalue weighted by Crippen LogP contribution is -2.21. The lowest BCUT2D eigenvalue weighted by Gasteiger charge is -2.25. The van der Waals surface area contributed by atoms with E-state index in [0.29, 0.717) is 16.7 Å². The minimum atomic E-state index is 0.166. The molecule has 2 rings (SSSR count). The Bertz CT molecular complexity index is 442. The molecule has 0 bridgehead atoms. The van der Waals surface area contributed by atoms with Crippen molar-refractivity contribution in [3.05, 3.63) is 28.8 Å². The van der Waals surface area contributed by atoms with Crippen LogP contribution in [-0.2, 0) is 0 Å². The Labute approximate surface area is 113 Å². The number of rotatable bonds is 3. The third-order valence-electron chi connectivity index (χ3n) is 3.74. The number of halogens is 1. The lowest BCUT2D eigenvalue weighted by atomic mass is 9.79. The molecule has 0 radical (unpaired) electrons. The number of Topliss-reactive ketones (excluding diaryl/α,β-unsaturated/α-hetero) is 1. The van der Waals surface area contributed by atoms with Crippen molar-refractivity contribution >= 4 is 17.4 Å². The van der Waals surface area contributed by atoms with E-state index >= 15 is 0 Å². The van der Waals surface area contributed by atoms with Gasteiger partial charge in [0.2, 0.25) is 0 Å². The quantitative estimate of drug-likeness (QED) is 0.760. The van der Waals surface area contributed by atoms with Crippen LogP contribution in [0.1, 0.15) is 43.0 Å². The minimum Gasteiger partial charge on any atom is -0.495 e. The summed E-state index contributed by atoms with van der Waals surface area (Å²) in [6.07, 6.45) is 4.41. The Morgan fingerprint density at radius 1 is 1.39 bits per heavy atom. The predicted molar refractivity (Wildman–Crippen MR) is 73.5 cm³/mol. The van der Waals surface area contributed by atoms with Crippen molar-refractivity contribution in [3.63, 3.8) is 0 Å². The summed E-state index contributed by atoms with van der Waals surface area (Å²) in [5, 5.41) is 0.547. The smallest absolute Gasteiger partial charge is 0.166 e. The van der Waals surface area contributed by atoms with Crippen molar-refractivity contribution in [2.24, 2.45) is 11.8 Å². The van der Waals surface area contributed by atoms with Crippen LogP contribution >= 0.6 is 11.6 Å². The first-order chi connectivity index (χ1) is 8.61. The molecule has 18 heavy (non-hydrogen) atoms. The summed E-state index contributed by atoms with van der Waals surface area (Å²) < 4.78 is 5.16. The van der Waals surface area contributed by atoms with E-state index in [2.05, 4.69) is 6.92 Å². The van der Waals surface area contributed by atoms with Crippen LogP contribution in [0.4, 0.5) is 0 Å². The first-order valence-electron chi connectivity index (χ1n) is 6.49. The monoisotopic (exact) mass is 266 g/mol. The SMILES string of the molecule is COc1cc(C(=O)C2CCCC(C)C2)ccc1Cl. The number of ether oxygens (including phenoxy) is 1. The highest BCUT2D eigenvalue weighted by Gasteiger charge is 2.26. The number of carbonyl (C=O) groups excluding carboxylic acids is 1. The topological polar surface area (TPSA) is 26.3 Å². The van der Waals surface area contributed by atoms with Crippen molar-refractivity contribution in [3.8, 4) is 5.75 Å². The number of ketones is 1. The van der Waals surface area contributed by atoms with E-state index in [1.54, 1.807) is 25.3 Å². The molecule has 0 aromatic heterocycles. The van der Waals surface area contributed by atoms with Gasteiger partial charge in [0.1, 0.15) is 5.75 Å². The number of hydrogen-bond acceptors (Lipinski definition) is 2. The Morgan fingerprint density at radius 3 is 2.83 bits per heavy atom. The molecular weight excluding hydrogens is 248 g/mol. The molecule has 2 nitrogen and oxygen atoms in total. The van der Waals surface area contributed by atoms with Gasteiger partial charge in [-0.15, -0.1) is 0 Å². The number of benzene rings is 1. The fourth-order valence-electron chi connectivity index (χ4n) is 2.72. The van der Waals surface area contributed by atoms with Crippen LogP contribution in [0.5, 0.6) is 5.75 Å². The summed E-state index contributed by atoms with van der Waals surface area (Å²) in [5.41, 5.74) is 0.718. The third-order valence-corrected chi connectivity index (χ3v) is 4.06. The van der Waals surface area contributed by atoms with Crippen LogP contribution in [0.3, 0.4) is 0 Å². The maximum absolute atomic E-state index is 12.4. The zero-order chi connectivity index (χ0) is 13.1. The molecule has 0 N–H and O–H groups in total. The fraction of sp³-hybridized carbons (Fsp3) is 0.533. The zero-order valence-corrected chi connectivity index (χ0v) is 11.7. The maximum Gasteiger partial charge on any atom is 0.166 e. The van der Waals surface area contributed by atoms with Gasteiger partial charge in [0.05, 0.1) is 12.1 Å². The molecule has 1 aliphatic carbocycles. The first kappa shape index (κ1) is 13.4. The summed E-state index contributed by atoms with van der Waals surface area (Å²) in [5.74, 6) is 1.63. The second-order valence-electron chi connectivity index (χ2n) is 5.18. The van der Waals surface area contributed by atoms with E-state index in [4.69, 9.17) is 16.3 Å². The molecule has 0 aliphatic heterocycles. The Kier molecular flexibility index (Phi) is 4.28. The van der Waals surface area contributed by atoms with E-state index in [-0.39, 0.29) is 11.7 Å². The summed E-state index contributed by atoms with van der Waals surface area (Å²) in [6.45, 7) is 2.22. The molecule has 0 heterocycles. The van der Waals surface area contributed by atoms with Crippen molar-refractivity contribution in [1.82, 2.24) is 0 Å². The van der Waals surface area contributed by atoms with Gasteiger partial charge in [-0.25, -0.2) is 0 Å². The molecule has 0 saturated heterocycles. The van der Waals surface area contributed by atoms with E-state index in [1.165, 1.54) is 6.42 Å². The van der Waals surface area contributed by atoms with Crippen LogP contribution in [-0.4, -0.2) is 12.9 Å². The zero-order valence-electron chi connectivity index (χ0n) is 10.9. The molecule has 2 atom stereocenters. The van der Waals surface area contributed by atoms with E-state index in [0.717, 1.165) is 24.8 Å². The molecule has 2 unspecified atom stereocenters. The Morgan fingerprint density at radius 2 is 2.17 bits per heavy atom. The van der Waals surface area contributed by atoms with E-state index in [9.17, 15) is 4.79 Å². The van der Waals surface area contributed by atoms with Crippen molar-refractivity contribution in [2.45, 2.75) is 32.6 Å². The van der Waals surface area contributed by atoms with Crippen LogP contribution in [0.2, 0.25) is 5.02 Å². The van der Waals surface area contributed by atoms with Gasteiger partial charge < -0.3 is 4.74 Å². The molecule has 98 valence electrons. The molecular formula is C15H19ClO2. The highest BCUT2D eigenvalue weighted by molar-refractivity contribution is 6.32. The summed E-state index contributed by atoms with van der Waals surface area (Å²) in [4.78, 5) is 12.4. The molecule has 1 fully saturated rings. The molecule has 1 aromatic rings. The summed E-state index contributed by atoms with van der Waals surface area (Å²) in [7, 11) is 1.57. The molecule has 3 heteroatoms. The lowest BCUT2D eigenvalue weighted by molar-refractivity contribution is 0.0868. The fourth-order valence-corrected chi connectivity index (χ4v) is 2.92. The van der Waals surface area contributed by atoms with Crippen molar-refractivity contribution < 1.29 is 9.53 Å². The average molecular weight is 267 g/mol. The van der Waals surface area contributed by atoms with Gasteiger partial charge in [-0.2, -0.15) is 0 Å². The van der Waals surface area contributed by atoms with Crippen LogP contribution in [0, 0.1) is 11.8 Å². The van der Waals surface area contributed by atoms with Gasteiger partial charge in [-0.1, -0.05) is 31.4 Å². The van der Waals surface area contributed by atoms with Gasteiger partial charge >= 0.3 is 0 Å². The normalized spacial score (nSPS) is 23.7. The predicted octanol–water partition coefficient (Wildman–Crippen LogP) is 4.36. The van der Waals surface area contributed by atoms with Gasteiger partial charge in [0.25, 0.3) is 0 Å². The van der Waals surface area contributed by atoms with Crippen LogP contribution < -0.4 is 4.74 Å². The highest BCUT2D eigenvalue weighted by atomic mass is 35.5. The Hall–Kier alpha value is -1.02. The second kappa shape index (κ2) is 5.75. The maximum atomic E-state index is 12.4. The number of methoxy groups -OCH3 is 1. The summed E-state index contributed by atoms with van der Waals surface area (Å²) in [6, 6.07) is 5.29. The number of carbonyl (C=O) groups is 1. The highest BCUT2D eigenvalue weighted by Crippen LogP contribution is 2.32. The largest absolute Gasteiger partial charge is 0.495 e. The second-order valence-corrected chi connectivity index (χ2v) is 5.59. The van der Waals surface area contributed by atoms with Crippen LogP contribution in [0.25, 0.3) is 0 Å². The third kappa shape index (κ3) is 2.86. The van der Waals surface area contributed by atoms with Gasteiger partial charge in [-0.05, 0) is 37.0 Å². The Balaban J connectivity index is 2.17. The van der Waals surface area contributed by atoms with Gasteiger partial charge in [0, 0.05) is 11.5 Å². The van der Waals surface area contributed by atoms with Crippen molar-refractivity contribution in [2.75, 3.05) is 7.11 Å². The molecule has 0 amide bonds. The van der Waals surface area contributed by atoms with Crippen molar-refractivity contribution in [1.29, 1.82) is 0 Å². The molecule has 1 aliphatic rings.